The highest BCUT2D eigenvalue weighted by Crippen LogP contribution is 2.22. The smallest absolute Gasteiger partial charge is 0.407 e. The van der Waals surface area contributed by atoms with Crippen LogP contribution in [0.2, 0.25) is 0 Å². The van der Waals surface area contributed by atoms with Gasteiger partial charge in [0.15, 0.2) is 0 Å². The maximum Gasteiger partial charge on any atom is 0.407 e. The predicted octanol–water partition coefficient (Wildman–Crippen LogP) is 2.41. The number of carbonyl (C=O) groups excluding carboxylic acids is 1. The van der Waals surface area contributed by atoms with E-state index in [-0.39, 0.29) is 6.09 Å². The predicted molar refractivity (Wildman–Crippen MR) is 68.7 cm³/mol. The first-order valence-corrected chi connectivity index (χ1v) is 6.21. The molecule has 2 N–H and O–H groups in total. The summed E-state index contributed by atoms with van der Waals surface area (Å²) >= 11 is 0. The van der Waals surface area contributed by atoms with Gasteiger partial charge in [0.2, 0.25) is 0 Å². The highest BCUT2D eigenvalue weighted by molar-refractivity contribution is 5.67. The maximum absolute atomic E-state index is 11.4. The Bertz CT molecular complexity index is 305. The fourth-order valence-corrected chi connectivity index (χ4v) is 1.76. The highest BCUT2D eigenvalue weighted by Gasteiger charge is 2.21. The van der Waals surface area contributed by atoms with E-state index in [0.29, 0.717) is 18.5 Å². The van der Waals surface area contributed by atoms with Crippen LogP contribution in [0.15, 0.2) is 11.8 Å². The van der Waals surface area contributed by atoms with Gasteiger partial charge < -0.3 is 15.4 Å². The number of ether oxygens (including phenoxy) is 1. The van der Waals surface area contributed by atoms with Gasteiger partial charge in [-0.05, 0) is 51.8 Å². The van der Waals surface area contributed by atoms with Crippen molar-refractivity contribution < 1.29 is 9.53 Å². The fourth-order valence-electron chi connectivity index (χ4n) is 1.76. The molecule has 1 aliphatic heterocycles. The Morgan fingerprint density at radius 2 is 2.12 bits per heavy atom. The van der Waals surface area contributed by atoms with Crippen LogP contribution in [0.3, 0.4) is 0 Å². The number of nitrogens with one attached hydrogen (secondary N) is 2. The molecule has 0 fully saturated rings. The zero-order chi connectivity index (χ0) is 13.1. The second kappa shape index (κ2) is 5.43. The number of hydrogen-bond acceptors (Lipinski definition) is 3. The van der Waals surface area contributed by atoms with Crippen LogP contribution in [-0.2, 0) is 4.74 Å². The van der Waals surface area contributed by atoms with E-state index in [1.807, 2.05) is 20.8 Å². The van der Waals surface area contributed by atoms with E-state index < -0.39 is 5.60 Å². The van der Waals surface area contributed by atoms with E-state index in [9.17, 15) is 4.79 Å². The van der Waals surface area contributed by atoms with E-state index >= 15 is 0 Å². The van der Waals surface area contributed by atoms with Crippen molar-refractivity contribution in [3.63, 3.8) is 0 Å². The molecule has 0 aromatic heterocycles. The quantitative estimate of drug-likeness (QED) is 0.796. The Hall–Kier alpha value is -1.19. The van der Waals surface area contributed by atoms with Gasteiger partial charge in [-0.25, -0.2) is 4.79 Å². The molecule has 17 heavy (non-hydrogen) atoms. The minimum absolute atomic E-state index is 0.343. The van der Waals surface area contributed by atoms with Crippen molar-refractivity contribution in [2.75, 3.05) is 6.54 Å². The molecule has 0 spiro atoms. The summed E-state index contributed by atoms with van der Waals surface area (Å²) in [7, 11) is 0. The zero-order valence-corrected chi connectivity index (χ0v) is 11.5. The van der Waals surface area contributed by atoms with Crippen LogP contribution in [0.5, 0.6) is 0 Å². The van der Waals surface area contributed by atoms with E-state index in [4.69, 9.17) is 4.74 Å². The third kappa shape index (κ3) is 4.67. The van der Waals surface area contributed by atoms with Crippen LogP contribution >= 0.6 is 0 Å². The van der Waals surface area contributed by atoms with E-state index in [1.165, 1.54) is 5.57 Å². The maximum atomic E-state index is 11.4. The summed E-state index contributed by atoms with van der Waals surface area (Å²) in [5.41, 5.74) is 0.925. The number of amides is 1. The Labute approximate surface area is 104 Å². The Morgan fingerprint density at radius 3 is 2.59 bits per heavy atom. The lowest BCUT2D eigenvalue weighted by atomic mass is 9.96. The molecule has 4 nitrogen and oxygen atoms in total. The minimum atomic E-state index is -0.430. The van der Waals surface area contributed by atoms with Crippen molar-refractivity contribution in [3.8, 4) is 0 Å². The second-order valence-electron chi connectivity index (χ2n) is 5.64. The van der Waals surface area contributed by atoms with Gasteiger partial charge in [-0.15, -0.1) is 0 Å². The SMILES string of the molecule is C[C@@H]1C(CCNC(=O)OC(C)(C)C)=CN[C@@H]1C. The van der Waals surface area contributed by atoms with Crippen LogP contribution in [0.4, 0.5) is 4.79 Å². The normalized spacial score (nSPS) is 23.9. The van der Waals surface area contributed by atoms with Gasteiger partial charge in [0.05, 0.1) is 0 Å². The molecule has 0 aliphatic carbocycles. The zero-order valence-electron chi connectivity index (χ0n) is 11.5. The summed E-state index contributed by atoms with van der Waals surface area (Å²) in [6.45, 7) is 10.6. The topological polar surface area (TPSA) is 50.4 Å². The number of rotatable bonds is 3. The first kappa shape index (κ1) is 13.9. The molecule has 0 saturated heterocycles. The van der Waals surface area contributed by atoms with Crippen molar-refractivity contribution in [2.45, 2.75) is 52.7 Å². The highest BCUT2D eigenvalue weighted by atomic mass is 16.6. The molecule has 0 aromatic carbocycles. The van der Waals surface area contributed by atoms with Crippen molar-refractivity contribution in [2.24, 2.45) is 5.92 Å². The molecule has 1 amide bonds. The molecule has 98 valence electrons. The molecular weight excluding hydrogens is 216 g/mol. The van der Waals surface area contributed by atoms with Gasteiger partial charge in [-0.1, -0.05) is 6.92 Å². The molecule has 0 radical (unpaired) electrons. The van der Waals surface area contributed by atoms with Crippen LogP contribution in [0.1, 0.15) is 41.0 Å². The number of alkyl carbamates (subject to hydrolysis) is 1. The largest absolute Gasteiger partial charge is 0.444 e. The molecule has 1 heterocycles. The Morgan fingerprint density at radius 1 is 1.47 bits per heavy atom. The van der Waals surface area contributed by atoms with Gasteiger partial charge >= 0.3 is 6.09 Å². The minimum Gasteiger partial charge on any atom is -0.444 e. The summed E-state index contributed by atoms with van der Waals surface area (Å²) in [5.74, 6) is 0.537. The molecule has 0 aromatic rings. The van der Waals surface area contributed by atoms with Gasteiger partial charge in [0, 0.05) is 12.6 Å². The number of carbonyl (C=O) groups is 1. The molecule has 2 atom stereocenters. The fraction of sp³-hybridized carbons (Fsp3) is 0.769. The Kier molecular flexibility index (Phi) is 4.43. The van der Waals surface area contributed by atoms with Gasteiger partial charge in [0.25, 0.3) is 0 Å². The molecule has 4 heteroatoms. The van der Waals surface area contributed by atoms with Gasteiger partial charge in [-0.2, -0.15) is 0 Å². The van der Waals surface area contributed by atoms with Crippen molar-refractivity contribution in [1.29, 1.82) is 0 Å². The lowest BCUT2D eigenvalue weighted by Crippen LogP contribution is -2.33. The first-order chi connectivity index (χ1) is 7.79. The molecular formula is C13H24N2O2. The summed E-state index contributed by atoms with van der Waals surface area (Å²) < 4.78 is 5.17. The van der Waals surface area contributed by atoms with Crippen LogP contribution in [0.25, 0.3) is 0 Å². The summed E-state index contributed by atoms with van der Waals surface area (Å²) in [6.07, 6.45) is 2.59. The van der Waals surface area contributed by atoms with Crippen molar-refractivity contribution in [1.82, 2.24) is 10.6 Å². The third-order valence-electron chi connectivity index (χ3n) is 2.95. The Balaban J connectivity index is 2.23. The van der Waals surface area contributed by atoms with E-state index in [1.54, 1.807) is 0 Å². The molecule has 0 saturated carbocycles. The van der Waals surface area contributed by atoms with Crippen LogP contribution in [-0.4, -0.2) is 24.3 Å². The monoisotopic (exact) mass is 240 g/mol. The summed E-state index contributed by atoms with van der Waals surface area (Å²) in [4.78, 5) is 11.4. The van der Waals surface area contributed by atoms with Gasteiger partial charge in [0.1, 0.15) is 5.60 Å². The molecule has 1 rings (SSSR count). The van der Waals surface area contributed by atoms with E-state index in [0.717, 1.165) is 6.42 Å². The van der Waals surface area contributed by atoms with Crippen LogP contribution in [0, 0.1) is 5.92 Å². The molecule has 0 bridgehead atoms. The van der Waals surface area contributed by atoms with Crippen LogP contribution < -0.4 is 10.6 Å². The lowest BCUT2D eigenvalue weighted by Gasteiger charge is -2.20. The average molecular weight is 240 g/mol. The number of hydrogen-bond donors (Lipinski definition) is 2. The second-order valence-corrected chi connectivity index (χ2v) is 5.64. The molecule has 1 aliphatic rings. The summed E-state index contributed by atoms with van der Waals surface area (Å²) in [5, 5.41) is 6.06. The molecule has 0 unspecified atom stereocenters. The third-order valence-corrected chi connectivity index (χ3v) is 2.95. The van der Waals surface area contributed by atoms with Gasteiger partial charge in [-0.3, -0.25) is 0 Å². The van der Waals surface area contributed by atoms with Crippen molar-refractivity contribution in [3.05, 3.63) is 11.8 Å². The standard InChI is InChI=1S/C13H24N2O2/c1-9-10(2)15-8-11(9)6-7-14-12(16)17-13(3,4)5/h8-10,15H,6-7H2,1-5H3,(H,14,16)/t9-,10+/m0/s1. The summed E-state index contributed by atoms with van der Waals surface area (Å²) in [6, 6.07) is 0.492. The van der Waals surface area contributed by atoms with E-state index in [2.05, 4.69) is 30.7 Å². The first-order valence-electron chi connectivity index (χ1n) is 6.21. The van der Waals surface area contributed by atoms with Crippen molar-refractivity contribution >= 4 is 6.09 Å². The lowest BCUT2D eigenvalue weighted by molar-refractivity contribution is 0.0528. The average Bonchev–Trinajstić information content (AvgIpc) is 2.46.